The fourth-order valence-corrected chi connectivity index (χ4v) is 3.09. The van der Waals surface area contributed by atoms with Gasteiger partial charge < -0.3 is 0 Å². The topological polar surface area (TPSA) is 37.4 Å². The van der Waals surface area contributed by atoms with Gasteiger partial charge in [-0.3, -0.25) is 0 Å². The molecular weight excluding hydrogens is 294 g/mol. The Kier molecular flexibility index (Phi) is 4.88. The van der Waals surface area contributed by atoms with Crippen LogP contribution in [-0.2, 0) is 16.6 Å². The molecule has 0 aromatic heterocycles. The maximum Gasteiger partial charge on any atom is 0.271 e. The molecule has 3 nitrogen and oxygen atoms in total. The summed E-state index contributed by atoms with van der Waals surface area (Å²) in [6.45, 7) is 2.04. The molecule has 2 aromatic rings. The third-order valence-electron chi connectivity index (χ3n) is 3.03. The molecule has 0 amide bonds. The van der Waals surface area contributed by atoms with Gasteiger partial charge in [0.15, 0.2) is 0 Å². The maximum absolute atomic E-state index is 12.7. The zero-order valence-electron chi connectivity index (χ0n) is 12.2. The molecule has 0 fully saturated rings. The molecule has 22 heavy (non-hydrogen) atoms. The highest BCUT2D eigenvalue weighted by Crippen LogP contribution is 2.18. The van der Waals surface area contributed by atoms with Gasteiger partial charge in [0, 0.05) is 12.0 Å². The monoisotopic (exact) mass is 309 g/mol. The molecule has 0 spiro atoms. The van der Waals surface area contributed by atoms with E-state index in [0.717, 1.165) is 15.4 Å². The Morgan fingerprint density at radius 1 is 1.05 bits per heavy atom. The van der Waals surface area contributed by atoms with Gasteiger partial charge in [0.2, 0.25) is 0 Å². The number of hydrogen-bond acceptors (Lipinski definition) is 2. The van der Waals surface area contributed by atoms with Crippen LogP contribution in [0.15, 0.2) is 59.5 Å². The molecule has 110 valence electrons. The first-order chi connectivity index (χ1) is 10.5. The highest BCUT2D eigenvalue weighted by molar-refractivity contribution is 7.89. The highest BCUT2D eigenvalue weighted by atomic mass is 32.2. The third kappa shape index (κ3) is 3.69. The van der Waals surface area contributed by atoms with Crippen LogP contribution in [0.1, 0.15) is 11.1 Å². The van der Waals surface area contributed by atoms with Gasteiger partial charge in [-0.15, -0.1) is 6.42 Å². The molecule has 0 atom stereocenters. The fourth-order valence-electron chi connectivity index (χ4n) is 1.87. The lowest BCUT2D eigenvalue weighted by Gasteiger charge is -2.18. The van der Waals surface area contributed by atoms with E-state index in [2.05, 4.69) is 17.9 Å². The molecule has 0 saturated heterocycles. The molecule has 0 bridgehead atoms. The van der Waals surface area contributed by atoms with Crippen molar-refractivity contribution in [3.05, 3.63) is 65.7 Å². The summed E-state index contributed by atoms with van der Waals surface area (Å²) >= 11 is 0. The Labute approximate surface area is 131 Å². The standard InChI is InChI=1S/C18H15NO2S/c1-3-4-14-19(15-17-8-6-5-7-9-17)22(20,21)18-12-10-16(2)11-13-18/h1,5-13H,15H2,2H3. The molecule has 0 saturated carbocycles. The van der Waals surface area contributed by atoms with Crippen LogP contribution in [0.25, 0.3) is 0 Å². The number of hydrogen-bond donors (Lipinski definition) is 0. The van der Waals surface area contributed by atoms with Crippen LogP contribution in [0.4, 0.5) is 0 Å². The van der Waals surface area contributed by atoms with Gasteiger partial charge in [-0.1, -0.05) is 48.0 Å². The summed E-state index contributed by atoms with van der Waals surface area (Å²) in [7, 11) is -3.72. The lowest BCUT2D eigenvalue weighted by Crippen LogP contribution is -2.26. The van der Waals surface area contributed by atoms with Crippen molar-refractivity contribution in [3.8, 4) is 24.3 Å². The summed E-state index contributed by atoms with van der Waals surface area (Å²) in [5.41, 5.74) is 1.83. The predicted octanol–water partition coefficient (Wildman–Crippen LogP) is 2.78. The minimum Gasteiger partial charge on any atom is -0.219 e. The average Bonchev–Trinajstić information content (AvgIpc) is 2.52. The van der Waals surface area contributed by atoms with Gasteiger partial charge in [-0.25, -0.2) is 12.7 Å². The zero-order valence-corrected chi connectivity index (χ0v) is 13.0. The van der Waals surface area contributed by atoms with E-state index in [4.69, 9.17) is 6.42 Å². The summed E-state index contributed by atoms with van der Waals surface area (Å²) < 4.78 is 26.5. The van der Waals surface area contributed by atoms with Crippen molar-refractivity contribution in [2.24, 2.45) is 0 Å². The molecular formula is C18H15NO2S. The smallest absolute Gasteiger partial charge is 0.219 e. The molecule has 0 radical (unpaired) electrons. The molecule has 4 heteroatoms. The largest absolute Gasteiger partial charge is 0.271 e. The predicted molar refractivity (Wildman–Crippen MR) is 87.0 cm³/mol. The molecule has 0 unspecified atom stereocenters. The van der Waals surface area contributed by atoms with E-state index < -0.39 is 10.0 Å². The van der Waals surface area contributed by atoms with Crippen LogP contribution in [0.3, 0.4) is 0 Å². The molecule has 2 rings (SSSR count). The first-order valence-corrected chi connectivity index (χ1v) is 8.07. The maximum atomic E-state index is 12.7. The van der Waals surface area contributed by atoms with Crippen molar-refractivity contribution in [3.63, 3.8) is 0 Å². The van der Waals surface area contributed by atoms with Crippen molar-refractivity contribution in [2.45, 2.75) is 18.4 Å². The molecule has 0 aliphatic carbocycles. The van der Waals surface area contributed by atoms with Crippen LogP contribution in [-0.4, -0.2) is 12.7 Å². The van der Waals surface area contributed by atoms with Crippen molar-refractivity contribution < 1.29 is 8.42 Å². The Morgan fingerprint density at radius 3 is 2.27 bits per heavy atom. The number of rotatable bonds is 4. The molecule has 0 heterocycles. The van der Waals surface area contributed by atoms with E-state index >= 15 is 0 Å². The lowest BCUT2D eigenvalue weighted by atomic mass is 10.2. The zero-order chi connectivity index (χ0) is 16.0. The van der Waals surface area contributed by atoms with Crippen LogP contribution in [0.5, 0.6) is 0 Å². The number of benzene rings is 2. The number of sulfonamides is 1. The van der Waals surface area contributed by atoms with Crippen LogP contribution in [0.2, 0.25) is 0 Å². The summed E-state index contributed by atoms with van der Waals surface area (Å²) in [6, 6.07) is 18.4. The van der Waals surface area contributed by atoms with E-state index in [-0.39, 0.29) is 11.4 Å². The SMILES string of the molecule is C#CC#CN(Cc1ccccc1)S(=O)(=O)c1ccc(C)cc1. The van der Waals surface area contributed by atoms with Crippen molar-refractivity contribution in [2.75, 3.05) is 0 Å². The Balaban J connectivity index is 2.40. The molecule has 2 aromatic carbocycles. The van der Waals surface area contributed by atoms with Crippen LogP contribution >= 0.6 is 0 Å². The van der Waals surface area contributed by atoms with Gasteiger partial charge in [0.1, 0.15) is 0 Å². The lowest BCUT2D eigenvalue weighted by molar-refractivity contribution is 0.509. The number of terminal acetylenes is 1. The van der Waals surface area contributed by atoms with Gasteiger partial charge in [-0.2, -0.15) is 0 Å². The van der Waals surface area contributed by atoms with Gasteiger partial charge in [0.05, 0.1) is 11.4 Å². The second-order valence-corrected chi connectivity index (χ2v) is 6.55. The average molecular weight is 309 g/mol. The van der Waals surface area contributed by atoms with E-state index in [1.165, 1.54) is 0 Å². The Hall–Kier alpha value is -2.69. The highest BCUT2D eigenvalue weighted by Gasteiger charge is 2.22. The Morgan fingerprint density at radius 2 is 1.68 bits per heavy atom. The van der Waals surface area contributed by atoms with E-state index in [0.29, 0.717) is 0 Å². The quantitative estimate of drug-likeness (QED) is 0.643. The second-order valence-electron chi connectivity index (χ2n) is 4.69. The second kappa shape index (κ2) is 6.85. The summed E-state index contributed by atoms with van der Waals surface area (Å²) in [5, 5.41) is 0. The number of aryl methyl sites for hydroxylation is 1. The first kappa shape index (κ1) is 15.7. The Bertz CT molecular complexity index is 836. The normalized spacial score (nSPS) is 10.2. The minimum absolute atomic E-state index is 0.145. The van der Waals surface area contributed by atoms with E-state index in [1.807, 2.05) is 37.3 Å². The third-order valence-corrected chi connectivity index (χ3v) is 4.70. The van der Waals surface area contributed by atoms with Crippen molar-refractivity contribution >= 4 is 10.0 Å². The first-order valence-electron chi connectivity index (χ1n) is 6.63. The van der Waals surface area contributed by atoms with Gasteiger partial charge in [-0.05, 0) is 30.5 Å². The van der Waals surface area contributed by atoms with Crippen molar-refractivity contribution in [1.82, 2.24) is 4.31 Å². The molecule has 0 aliphatic rings. The van der Waals surface area contributed by atoms with Crippen molar-refractivity contribution in [1.29, 1.82) is 0 Å². The summed E-state index contributed by atoms with van der Waals surface area (Å²) in [5.74, 6) is 4.53. The fraction of sp³-hybridized carbons (Fsp3) is 0.111. The minimum atomic E-state index is -3.72. The van der Waals surface area contributed by atoms with Crippen LogP contribution < -0.4 is 0 Å². The molecule has 0 N–H and O–H groups in total. The number of nitrogens with zero attached hydrogens (tertiary/aromatic N) is 1. The summed E-state index contributed by atoms with van der Waals surface area (Å²) in [6.07, 6.45) is 5.13. The summed E-state index contributed by atoms with van der Waals surface area (Å²) in [4.78, 5) is 0.195. The van der Waals surface area contributed by atoms with E-state index in [1.54, 1.807) is 24.3 Å². The van der Waals surface area contributed by atoms with Crippen LogP contribution in [0, 0.1) is 31.2 Å². The molecule has 0 aliphatic heterocycles. The van der Waals surface area contributed by atoms with E-state index in [9.17, 15) is 8.42 Å². The van der Waals surface area contributed by atoms with Gasteiger partial charge in [0.25, 0.3) is 10.0 Å². The van der Waals surface area contributed by atoms with Gasteiger partial charge >= 0.3 is 0 Å².